The van der Waals surface area contributed by atoms with Gasteiger partial charge >= 0.3 is 0 Å². The van der Waals surface area contributed by atoms with Crippen molar-refractivity contribution in [2.75, 3.05) is 51.2 Å². The third-order valence-electron chi connectivity index (χ3n) is 4.63. The predicted molar refractivity (Wildman–Crippen MR) is 131 cm³/mol. The van der Waals surface area contributed by atoms with E-state index in [4.69, 9.17) is 11.6 Å². The van der Waals surface area contributed by atoms with Crippen LogP contribution >= 0.6 is 35.6 Å². The number of nitrogens with one attached hydrogen (secondary N) is 2. The zero-order valence-electron chi connectivity index (χ0n) is 16.7. The molecule has 8 nitrogen and oxygen atoms in total. The molecule has 1 aromatic carbocycles. The van der Waals surface area contributed by atoms with Gasteiger partial charge in [0.2, 0.25) is 10.0 Å². The van der Waals surface area contributed by atoms with E-state index in [0.717, 1.165) is 42.8 Å². The number of para-hydroxylation sites is 1. The number of guanidine groups is 1. The molecular formula is C19H26ClIN6O2S. The van der Waals surface area contributed by atoms with Gasteiger partial charge in [-0.2, -0.15) is 0 Å². The Bertz CT molecular complexity index is 937. The molecule has 164 valence electrons. The summed E-state index contributed by atoms with van der Waals surface area (Å²) in [6.07, 6.45) is 2.86. The number of pyridine rings is 1. The third-order valence-corrected chi connectivity index (χ3v) is 6.39. The summed E-state index contributed by atoms with van der Waals surface area (Å²) in [7, 11) is -1.83. The number of anilines is 1. The van der Waals surface area contributed by atoms with Crippen molar-refractivity contribution >= 4 is 57.2 Å². The van der Waals surface area contributed by atoms with Crippen LogP contribution in [0.25, 0.3) is 0 Å². The highest BCUT2D eigenvalue weighted by molar-refractivity contribution is 14.0. The van der Waals surface area contributed by atoms with Crippen LogP contribution in [0.3, 0.4) is 0 Å². The van der Waals surface area contributed by atoms with Crippen molar-refractivity contribution in [3.63, 3.8) is 0 Å². The van der Waals surface area contributed by atoms with E-state index in [9.17, 15) is 8.42 Å². The minimum Gasteiger partial charge on any atom is -0.367 e. The first kappa shape index (κ1) is 24.6. The lowest BCUT2D eigenvalue weighted by Crippen LogP contribution is -2.53. The van der Waals surface area contributed by atoms with Gasteiger partial charge in [-0.1, -0.05) is 23.7 Å². The van der Waals surface area contributed by atoms with Gasteiger partial charge in [0.25, 0.3) is 0 Å². The highest BCUT2D eigenvalue weighted by atomic mass is 127. The zero-order chi connectivity index (χ0) is 20.7. The number of nitrogens with zero attached hydrogens (tertiary/aromatic N) is 4. The number of sulfonamides is 1. The van der Waals surface area contributed by atoms with Crippen LogP contribution in [0.1, 0.15) is 0 Å². The van der Waals surface area contributed by atoms with Crippen LogP contribution in [0.2, 0.25) is 5.02 Å². The molecule has 0 atom stereocenters. The van der Waals surface area contributed by atoms with Gasteiger partial charge < -0.3 is 15.1 Å². The second-order valence-electron chi connectivity index (χ2n) is 6.49. The number of halogens is 2. The van der Waals surface area contributed by atoms with Crippen LogP contribution in [-0.4, -0.2) is 70.6 Å². The van der Waals surface area contributed by atoms with Gasteiger partial charge in [-0.15, -0.1) is 24.0 Å². The second-order valence-corrected chi connectivity index (χ2v) is 8.66. The van der Waals surface area contributed by atoms with Crippen molar-refractivity contribution in [3.8, 4) is 0 Å². The van der Waals surface area contributed by atoms with Gasteiger partial charge in [-0.25, -0.2) is 13.1 Å². The number of hydrogen-bond acceptors (Lipinski definition) is 5. The van der Waals surface area contributed by atoms with E-state index in [-0.39, 0.29) is 35.4 Å². The Morgan fingerprint density at radius 3 is 2.50 bits per heavy atom. The number of rotatable bonds is 6. The highest BCUT2D eigenvalue weighted by Crippen LogP contribution is 2.25. The molecule has 0 bridgehead atoms. The van der Waals surface area contributed by atoms with Crippen LogP contribution < -0.4 is 14.9 Å². The molecule has 3 rings (SSSR count). The lowest BCUT2D eigenvalue weighted by atomic mass is 10.2. The molecular weight excluding hydrogens is 539 g/mol. The number of benzene rings is 1. The smallest absolute Gasteiger partial charge is 0.242 e. The molecule has 0 saturated carbocycles. The monoisotopic (exact) mass is 564 g/mol. The van der Waals surface area contributed by atoms with E-state index in [1.807, 2.05) is 24.3 Å². The molecule has 11 heteroatoms. The predicted octanol–water partition coefficient (Wildman–Crippen LogP) is 2.03. The van der Waals surface area contributed by atoms with Crippen LogP contribution in [0.15, 0.2) is 58.7 Å². The summed E-state index contributed by atoms with van der Waals surface area (Å²) in [4.78, 5) is 12.7. The summed E-state index contributed by atoms with van der Waals surface area (Å²) >= 11 is 6.30. The first-order chi connectivity index (χ1) is 14.0. The Morgan fingerprint density at radius 1 is 1.13 bits per heavy atom. The molecule has 0 amide bonds. The standard InChI is InChI=1S/C19H25ClN6O2S.HI/c1-21-19(23-9-10-24-29(27,28)16-5-4-8-22-15-16)26-13-11-25(12-14-26)18-7-3-2-6-17(18)20;/h2-8,15,24H,9-14H2,1H3,(H,21,23);1H. The molecule has 2 aromatic rings. The van der Waals surface area contributed by atoms with Gasteiger partial charge in [0, 0.05) is 58.7 Å². The molecule has 2 N–H and O–H groups in total. The van der Waals surface area contributed by atoms with Crippen molar-refractivity contribution < 1.29 is 8.42 Å². The van der Waals surface area contributed by atoms with Crippen LogP contribution in [-0.2, 0) is 10.0 Å². The first-order valence-corrected chi connectivity index (χ1v) is 11.2. The van der Waals surface area contributed by atoms with E-state index in [0.29, 0.717) is 6.54 Å². The Balaban J connectivity index is 0.00000320. The van der Waals surface area contributed by atoms with Gasteiger partial charge in [0.05, 0.1) is 10.7 Å². The SMILES string of the molecule is CN=C(NCCNS(=O)(=O)c1cccnc1)N1CCN(c2ccccc2Cl)CC1.I. The van der Waals surface area contributed by atoms with Gasteiger partial charge in [-0.05, 0) is 24.3 Å². The van der Waals surface area contributed by atoms with Gasteiger partial charge in [-0.3, -0.25) is 9.98 Å². The molecule has 0 spiro atoms. The lowest BCUT2D eigenvalue weighted by Gasteiger charge is -2.38. The molecule has 1 aliphatic rings. The summed E-state index contributed by atoms with van der Waals surface area (Å²) in [6, 6.07) is 10.9. The molecule has 1 fully saturated rings. The molecule has 1 aliphatic heterocycles. The fraction of sp³-hybridized carbons (Fsp3) is 0.368. The Kier molecular flexibility index (Phi) is 9.59. The highest BCUT2D eigenvalue weighted by Gasteiger charge is 2.21. The van der Waals surface area contributed by atoms with E-state index in [1.165, 1.54) is 18.5 Å². The normalized spacial score (nSPS) is 14.9. The fourth-order valence-electron chi connectivity index (χ4n) is 3.15. The topological polar surface area (TPSA) is 89.9 Å². The molecule has 0 radical (unpaired) electrons. The summed E-state index contributed by atoms with van der Waals surface area (Å²) < 4.78 is 27.0. The fourth-order valence-corrected chi connectivity index (χ4v) is 4.40. The van der Waals surface area contributed by atoms with Gasteiger partial charge in [0.1, 0.15) is 4.90 Å². The third kappa shape index (κ3) is 6.43. The number of piperazine rings is 1. The largest absolute Gasteiger partial charge is 0.367 e. The second kappa shape index (κ2) is 11.7. The van der Waals surface area contributed by atoms with Gasteiger partial charge in [0.15, 0.2) is 5.96 Å². The Morgan fingerprint density at radius 2 is 1.87 bits per heavy atom. The molecule has 2 heterocycles. The van der Waals surface area contributed by atoms with Crippen molar-refractivity contribution in [1.29, 1.82) is 0 Å². The summed E-state index contributed by atoms with van der Waals surface area (Å²) in [5, 5.41) is 3.97. The number of aromatic nitrogens is 1. The van der Waals surface area contributed by atoms with E-state index in [2.05, 4.69) is 29.8 Å². The lowest BCUT2D eigenvalue weighted by molar-refractivity contribution is 0.373. The maximum Gasteiger partial charge on any atom is 0.242 e. The van der Waals surface area contributed by atoms with Crippen LogP contribution in [0.4, 0.5) is 5.69 Å². The number of aliphatic imine (C=N–C) groups is 1. The maximum absolute atomic E-state index is 12.2. The Hall–Kier alpha value is -1.63. The average molecular weight is 565 g/mol. The van der Waals surface area contributed by atoms with Crippen molar-refractivity contribution in [1.82, 2.24) is 19.9 Å². The quantitative estimate of drug-likeness (QED) is 0.242. The zero-order valence-corrected chi connectivity index (χ0v) is 20.6. The summed E-state index contributed by atoms with van der Waals surface area (Å²) in [6.45, 7) is 3.93. The first-order valence-electron chi connectivity index (χ1n) is 9.36. The molecule has 1 aromatic heterocycles. The van der Waals surface area contributed by atoms with E-state index < -0.39 is 10.0 Å². The Labute approximate surface area is 199 Å². The maximum atomic E-state index is 12.2. The molecule has 0 aliphatic carbocycles. The van der Waals surface area contributed by atoms with Crippen LogP contribution in [0, 0.1) is 0 Å². The van der Waals surface area contributed by atoms with Crippen molar-refractivity contribution in [3.05, 3.63) is 53.8 Å². The van der Waals surface area contributed by atoms with Crippen molar-refractivity contribution in [2.24, 2.45) is 4.99 Å². The molecule has 30 heavy (non-hydrogen) atoms. The van der Waals surface area contributed by atoms with Crippen molar-refractivity contribution in [2.45, 2.75) is 4.90 Å². The minimum atomic E-state index is -3.56. The van der Waals surface area contributed by atoms with E-state index in [1.54, 1.807) is 13.1 Å². The summed E-state index contributed by atoms with van der Waals surface area (Å²) in [5.41, 5.74) is 1.04. The van der Waals surface area contributed by atoms with E-state index >= 15 is 0 Å². The average Bonchev–Trinajstić information content (AvgIpc) is 2.75. The minimum absolute atomic E-state index is 0. The summed E-state index contributed by atoms with van der Waals surface area (Å²) in [5.74, 6) is 0.754. The molecule has 1 saturated heterocycles. The van der Waals surface area contributed by atoms with Crippen LogP contribution in [0.5, 0.6) is 0 Å². The molecule has 0 unspecified atom stereocenters. The number of hydrogen-bond donors (Lipinski definition) is 2.